The third-order valence-electron chi connectivity index (χ3n) is 15.1. The minimum absolute atomic E-state index is 0.239. The topological polar surface area (TPSA) is 228 Å². The molecular formula is C60H113NO13. The molecule has 0 radical (unpaired) electrons. The Labute approximate surface area is 449 Å². The highest BCUT2D eigenvalue weighted by Crippen LogP contribution is 2.30. The van der Waals surface area contributed by atoms with Gasteiger partial charge in [-0.15, -0.1) is 0 Å². The Hall–Kier alpha value is -1.53. The van der Waals surface area contributed by atoms with Crippen LogP contribution >= 0.6 is 0 Å². The van der Waals surface area contributed by atoms with Gasteiger partial charge in [0.15, 0.2) is 12.6 Å². The molecule has 0 aromatic carbocycles. The number of hydrogen-bond donors (Lipinski definition) is 9. The number of carbonyl (C=O) groups is 1. The van der Waals surface area contributed by atoms with Gasteiger partial charge in [-0.2, -0.15) is 0 Å². The molecule has 9 N–H and O–H groups in total. The highest BCUT2D eigenvalue weighted by atomic mass is 16.7. The molecule has 12 unspecified atom stereocenters. The second kappa shape index (κ2) is 46.4. The van der Waals surface area contributed by atoms with Crippen molar-refractivity contribution >= 4 is 5.91 Å². The number of nitrogens with one attached hydrogen (secondary N) is 1. The summed E-state index contributed by atoms with van der Waals surface area (Å²) < 4.78 is 22.8. The number of carbonyl (C=O) groups excluding carboxylic acids is 1. The first-order chi connectivity index (χ1) is 36.1. The molecule has 0 aromatic rings. The van der Waals surface area contributed by atoms with Gasteiger partial charge in [0.25, 0.3) is 0 Å². The normalized spacial score (nSPS) is 25.3. The van der Waals surface area contributed by atoms with Crippen molar-refractivity contribution in [2.24, 2.45) is 0 Å². The van der Waals surface area contributed by atoms with E-state index in [0.29, 0.717) is 6.42 Å². The summed E-state index contributed by atoms with van der Waals surface area (Å²) in [5, 5.41) is 87.1. The Bertz CT molecular complexity index is 1340. The molecule has 74 heavy (non-hydrogen) atoms. The monoisotopic (exact) mass is 1060 g/mol. The fraction of sp³-hybridized carbons (Fsp3) is 0.917. The van der Waals surface area contributed by atoms with Gasteiger partial charge in [-0.3, -0.25) is 4.79 Å². The van der Waals surface area contributed by atoms with E-state index < -0.39 is 86.8 Å². The zero-order valence-electron chi connectivity index (χ0n) is 46.8. The number of aliphatic hydroxyl groups is 8. The van der Waals surface area contributed by atoms with Crippen molar-refractivity contribution in [3.63, 3.8) is 0 Å². The Morgan fingerprint density at radius 2 is 0.851 bits per heavy atom. The molecule has 0 spiro atoms. The maximum Gasteiger partial charge on any atom is 0.220 e. The van der Waals surface area contributed by atoms with Crippen molar-refractivity contribution in [2.45, 2.75) is 331 Å². The SMILES string of the molecule is CCCCCCCC/C=C\CCCCCCCCCCCC(=O)NC(COC1OC(CO)C(OC2OC(CO)C(O)C(O)C2O)C(O)C1O)C(O)/C=C/CCCCCCCCCCCCCCCCCCCCC. The molecule has 436 valence electrons. The summed E-state index contributed by atoms with van der Waals surface area (Å²) >= 11 is 0. The van der Waals surface area contributed by atoms with E-state index >= 15 is 0 Å². The molecule has 2 rings (SSSR count). The van der Waals surface area contributed by atoms with Crippen molar-refractivity contribution in [2.75, 3.05) is 19.8 Å². The first kappa shape index (κ1) is 68.6. The molecule has 0 aliphatic carbocycles. The van der Waals surface area contributed by atoms with Crippen LogP contribution in [-0.2, 0) is 23.7 Å². The molecule has 14 nitrogen and oxygen atoms in total. The number of ether oxygens (including phenoxy) is 4. The van der Waals surface area contributed by atoms with Gasteiger partial charge in [0, 0.05) is 6.42 Å². The smallest absolute Gasteiger partial charge is 0.220 e. The van der Waals surface area contributed by atoms with Gasteiger partial charge in [-0.25, -0.2) is 0 Å². The molecular weight excluding hydrogens is 943 g/mol. The largest absolute Gasteiger partial charge is 0.394 e. The molecule has 12 atom stereocenters. The molecule has 2 saturated heterocycles. The Kier molecular flexibility index (Phi) is 43.0. The van der Waals surface area contributed by atoms with E-state index in [9.17, 15) is 45.6 Å². The van der Waals surface area contributed by atoms with Crippen LogP contribution in [0.1, 0.15) is 258 Å². The lowest BCUT2D eigenvalue weighted by Crippen LogP contribution is -2.65. The van der Waals surface area contributed by atoms with E-state index in [1.54, 1.807) is 6.08 Å². The molecule has 1 amide bonds. The van der Waals surface area contributed by atoms with Gasteiger partial charge in [0.1, 0.15) is 48.8 Å². The predicted molar refractivity (Wildman–Crippen MR) is 295 cm³/mol. The van der Waals surface area contributed by atoms with Gasteiger partial charge in [0.05, 0.1) is 32.0 Å². The number of hydrogen-bond acceptors (Lipinski definition) is 13. The summed E-state index contributed by atoms with van der Waals surface area (Å²) in [5.74, 6) is -0.239. The summed E-state index contributed by atoms with van der Waals surface area (Å²) in [7, 11) is 0. The molecule has 0 aromatic heterocycles. The maximum atomic E-state index is 13.3. The summed E-state index contributed by atoms with van der Waals surface area (Å²) in [6.07, 6.45) is 37.8. The Morgan fingerprint density at radius 3 is 1.28 bits per heavy atom. The molecule has 2 heterocycles. The van der Waals surface area contributed by atoms with E-state index in [-0.39, 0.29) is 18.9 Å². The number of allylic oxidation sites excluding steroid dienone is 3. The summed E-state index contributed by atoms with van der Waals surface area (Å²) in [5.41, 5.74) is 0. The lowest BCUT2D eigenvalue weighted by molar-refractivity contribution is -0.359. The second-order valence-corrected chi connectivity index (χ2v) is 21.8. The zero-order chi connectivity index (χ0) is 53.9. The highest BCUT2D eigenvalue weighted by molar-refractivity contribution is 5.76. The van der Waals surface area contributed by atoms with Crippen LogP contribution < -0.4 is 5.32 Å². The molecule has 2 aliphatic rings. The van der Waals surface area contributed by atoms with E-state index in [4.69, 9.17) is 18.9 Å². The van der Waals surface area contributed by atoms with Gasteiger partial charge >= 0.3 is 0 Å². The molecule has 2 fully saturated rings. The first-order valence-corrected chi connectivity index (χ1v) is 30.6. The van der Waals surface area contributed by atoms with Gasteiger partial charge in [0.2, 0.25) is 5.91 Å². The molecule has 14 heteroatoms. The van der Waals surface area contributed by atoms with E-state index in [2.05, 4.69) is 31.3 Å². The number of rotatable bonds is 49. The molecule has 0 bridgehead atoms. The van der Waals surface area contributed by atoms with E-state index in [0.717, 1.165) is 38.5 Å². The maximum absolute atomic E-state index is 13.3. The number of aliphatic hydroxyl groups excluding tert-OH is 8. The zero-order valence-corrected chi connectivity index (χ0v) is 46.8. The highest BCUT2D eigenvalue weighted by Gasteiger charge is 2.51. The van der Waals surface area contributed by atoms with Crippen molar-refractivity contribution in [1.82, 2.24) is 5.32 Å². The predicted octanol–water partition coefficient (Wildman–Crippen LogP) is 10.4. The number of unbranched alkanes of at least 4 members (excludes halogenated alkanes) is 34. The average Bonchev–Trinajstić information content (AvgIpc) is 3.40. The minimum Gasteiger partial charge on any atom is -0.394 e. The lowest BCUT2D eigenvalue weighted by Gasteiger charge is -2.46. The van der Waals surface area contributed by atoms with Gasteiger partial charge < -0.3 is 65.1 Å². The average molecular weight is 1060 g/mol. The Balaban J connectivity index is 1.76. The fourth-order valence-corrected chi connectivity index (χ4v) is 10.2. The first-order valence-electron chi connectivity index (χ1n) is 30.6. The van der Waals surface area contributed by atoms with Crippen LogP contribution in [0, 0.1) is 0 Å². The van der Waals surface area contributed by atoms with Gasteiger partial charge in [-0.1, -0.05) is 231 Å². The summed E-state index contributed by atoms with van der Waals surface area (Å²) in [4.78, 5) is 13.3. The van der Waals surface area contributed by atoms with Crippen LogP contribution in [0.25, 0.3) is 0 Å². The van der Waals surface area contributed by atoms with Crippen LogP contribution in [0.4, 0.5) is 0 Å². The van der Waals surface area contributed by atoms with Crippen LogP contribution in [0.15, 0.2) is 24.3 Å². The summed E-state index contributed by atoms with van der Waals surface area (Å²) in [6.45, 7) is 2.82. The standard InChI is InChI=1S/C60H113NO13/c1-3-5-7-9-11-13-15-17-19-21-23-24-26-27-29-31-33-35-37-39-41-43-49(64)48(61-52(65)44-42-40-38-36-34-32-30-28-25-22-20-18-16-14-12-10-8-6-4-2)47-71-59-57(70)55(68)58(51(46-63)73-59)74-60-56(69)54(67)53(66)50(45-62)72-60/h18,20,41,43,48-51,53-60,62-64,66-70H,3-17,19,21-40,42,44-47H2,1-2H3,(H,61,65)/b20-18-,43-41+. The third kappa shape index (κ3) is 31.8. The Morgan fingerprint density at radius 1 is 0.473 bits per heavy atom. The number of amides is 1. The minimum atomic E-state index is -1.79. The lowest BCUT2D eigenvalue weighted by atomic mass is 9.97. The van der Waals surface area contributed by atoms with Gasteiger partial charge in [-0.05, 0) is 44.9 Å². The molecule has 2 aliphatic heterocycles. The van der Waals surface area contributed by atoms with Crippen molar-refractivity contribution in [3.8, 4) is 0 Å². The quantitative estimate of drug-likeness (QED) is 0.0204. The molecule has 0 saturated carbocycles. The van der Waals surface area contributed by atoms with Crippen molar-refractivity contribution < 1.29 is 64.6 Å². The fourth-order valence-electron chi connectivity index (χ4n) is 10.2. The van der Waals surface area contributed by atoms with Crippen LogP contribution in [-0.4, -0.2) is 140 Å². The third-order valence-corrected chi connectivity index (χ3v) is 15.1. The van der Waals surface area contributed by atoms with Crippen LogP contribution in [0.3, 0.4) is 0 Å². The van der Waals surface area contributed by atoms with Crippen molar-refractivity contribution in [3.05, 3.63) is 24.3 Å². The van der Waals surface area contributed by atoms with Crippen molar-refractivity contribution in [1.29, 1.82) is 0 Å². The summed E-state index contributed by atoms with van der Waals surface area (Å²) in [6, 6.07) is -0.914. The van der Waals surface area contributed by atoms with Crippen LogP contribution in [0.5, 0.6) is 0 Å². The van der Waals surface area contributed by atoms with E-state index in [1.807, 2.05) is 6.08 Å². The van der Waals surface area contributed by atoms with Crippen LogP contribution in [0.2, 0.25) is 0 Å². The van der Waals surface area contributed by atoms with E-state index in [1.165, 1.54) is 193 Å². The second-order valence-electron chi connectivity index (χ2n) is 21.8.